The molecule has 2 rings (SSSR count). The van der Waals surface area contributed by atoms with Gasteiger partial charge in [-0.1, -0.05) is 29.8 Å². The molecule has 94 valence electrons. The van der Waals surface area contributed by atoms with Crippen molar-refractivity contribution in [3.63, 3.8) is 0 Å². The van der Waals surface area contributed by atoms with Crippen molar-refractivity contribution in [2.75, 3.05) is 0 Å². The molecule has 0 saturated carbocycles. The molecule has 0 atom stereocenters. The van der Waals surface area contributed by atoms with E-state index in [2.05, 4.69) is 10.2 Å². The van der Waals surface area contributed by atoms with E-state index in [1.54, 1.807) is 13.0 Å². The number of aryl methyl sites for hydroxylation is 1. The first-order chi connectivity index (χ1) is 8.39. The average molecular weight is 273 g/mol. The van der Waals surface area contributed by atoms with Crippen LogP contribution in [-0.2, 0) is 6.18 Å². The van der Waals surface area contributed by atoms with Gasteiger partial charge in [0.05, 0.1) is 11.3 Å². The third-order valence-corrected chi connectivity index (χ3v) is 2.66. The lowest BCUT2D eigenvalue weighted by Crippen LogP contribution is -2.07. The number of aromatic nitrogens is 2. The van der Waals surface area contributed by atoms with Crippen molar-refractivity contribution in [1.82, 2.24) is 10.2 Å². The van der Waals surface area contributed by atoms with E-state index >= 15 is 0 Å². The molecule has 6 heteroatoms. The standard InChI is InChI=1S/C12H8ClF3N2/c1-7-9(6-11(13)18-17-7)8-4-2-3-5-10(8)12(14,15)16/h2-6H,1H3. The van der Waals surface area contributed by atoms with Crippen LogP contribution >= 0.6 is 11.6 Å². The minimum absolute atomic E-state index is 0.0549. The Hall–Kier alpha value is -1.62. The Bertz CT molecular complexity index is 582. The first kappa shape index (κ1) is 12.8. The van der Waals surface area contributed by atoms with Crippen LogP contribution in [0.4, 0.5) is 13.2 Å². The highest BCUT2D eigenvalue weighted by molar-refractivity contribution is 6.29. The molecular formula is C12H8ClF3N2. The highest BCUT2D eigenvalue weighted by Gasteiger charge is 2.33. The lowest BCUT2D eigenvalue weighted by Gasteiger charge is -2.13. The topological polar surface area (TPSA) is 25.8 Å². The average Bonchev–Trinajstić information content (AvgIpc) is 2.31. The van der Waals surface area contributed by atoms with E-state index in [0.29, 0.717) is 11.3 Å². The molecule has 1 aromatic heterocycles. The number of benzene rings is 1. The summed E-state index contributed by atoms with van der Waals surface area (Å²) in [5, 5.41) is 7.38. The fourth-order valence-electron chi connectivity index (χ4n) is 1.67. The maximum Gasteiger partial charge on any atom is 0.417 e. The van der Waals surface area contributed by atoms with Crippen molar-refractivity contribution in [2.45, 2.75) is 13.1 Å². The molecule has 0 radical (unpaired) electrons. The molecule has 0 saturated heterocycles. The second-order valence-corrected chi connectivity index (χ2v) is 4.10. The number of hydrogen-bond acceptors (Lipinski definition) is 2. The smallest absolute Gasteiger partial charge is 0.166 e. The van der Waals surface area contributed by atoms with Gasteiger partial charge in [0.25, 0.3) is 0 Å². The molecule has 0 unspecified atom stereocenters. The van der Waals surface area contributed by atoms with Gasteiger partial charge in [-0.05, 0) is 24.6 Å². The van der Waals surface area contributed by atoms with Gasteiger partial charge < -0.3 is 0 Å². The zero-order valence-corrected chi connectivity index (χ0v) is 10.0. The first-order valence-electron chi connectivity index (χ1n) is 5.06. The van der Waals surface area contributed by atoms with Gasteiger partial charge in [-0.3, -0.25) is 0 Å². The lowest BCUT2D eigenvalue weighted by atomic mass is 9.99. The summed E-state index contributed by atoms with van der Waals surface area (Å²) in [5.41, 5.74) is 0.0792. The van der Waals surface area contributed by atoms with Gasteiger partial charge in [0, 0.05) is 5.56 Å². The summed E-state index contributed by atoms with van der Waals surface area (Å²) >= 11 is 5.68. The minimum atomic E-state index is -4.42. The molecule has 2 aromatic rings. The third-order valence-electron chi connectivity index (χ3n) is 2.47. The Kier molecular flexibility index (Phi) is 3.26. The van der Waals surface area contributed by atoms with E-state index in [0.717, 1.165) is 6.07 Å². The normalized spacial score (nSPS) is 11.6. The largest absolute Gasteiger partial charge is 0.417 e. The Labute approximate surface area is 106 Å². The molecule has 0 amide bonds. The molecule has 0 spiro atoms. The van der Waals surface area contributed by atoms with Crippen LogP contribution in [0.1, 0.15) is 11.3 Å². The van der Waals surface area contributed by atoms with Gasteiger partial charge in [-0.25, -0.2) is 0 Å². The van der Waals surface area contributed by atoms with Crippen molar-refractivity contribution in [2.24, 2.45) is 0 Å². The van der Waals surface area contributed by atoms with Crippen LogP contribution in [0.15, 0.2) is 30.3 Å². The van der Waals surface area contributed by atoms with Gasteiger partial charge in [-0.15, -0.1) is 5.10 Å². The molecule has 1 heterocycles. The molecular weight excluding hydrogens is 265 g/mol. The molecule has 0 N–H and O–H groups in total. The Morgan fingerprint density at radius 1 is 1.06 bits per heavy atom. The number of hydrogen-bond donors (Lipinski definition) is 0. The summed E-state index contributed by atoms with van der Waals surface area (Å²) in [6.07, 6.45) is -4.42. The van der Waals surface area contributed by atoms with Gasteiger partial charge in [0.1, 0.15) is 0 Å². The van der Waals surface area contributed by atoms with Crippen molar-refractivity contribution in [1.29, 1.82) is 0 Å². The maximum atomic E-state index is 12.9. The maximum absolute atomic E-state index is 12.9. The molecule has 0 aliphatic carbocycles. The third kappa shape index (κ3) is 2.46. The lowest BCUT2D eigenvalue weighted by molar-refractivity contribution is -0.137. The zero-order chi connectivity index (χ0) is 13.3. The summed E-state index contributed by atoms with van der Waals surface area (Å²) in [4.78, 5) is 0. The Morgan fingerprint density at radius 3 is 2.39 bits per heavy atom. The van der Waals surface area contributed by atoms with E-state index < -0.39 is 11.7 Å². The zero-order valence-electron chi connectivity index (χ0n) is 9.29. The second-order valence-electron chi connectivity index (χ2n) is 3.71. The molecule has 0 aliphatic rings. The summed E-state index contributed by atoms with van der Waals surface area (Å²) < 4.78 is 38.7. The molecule has 2 nitrogen and oxygen atoms in total. The van der Waals surface area contributed by atoms with E-state index in [-0.39, 0.29) is 10.7 Å². The van der Waals surface area contributed by atoms with Crippen LogP contribution < -0.4 is 0 Å². The highest BCUT2D eigenvalue weighted by Crippen LogP contribution is 2.37. The van der Waals surface area contributed by atoms with Crippen LogP contribution in [0.3, 0.4) is 0 Å². The van der Waals surface area contributed by atoms with Crippen molar-refractivity contribution >= 4 is 11.6 Å². The monoisotopic (exact) mass is 272 g/mol. The van der Waals surface area contributed by atoms with Gasteiger partial charge in [0.2, 0.25) is 0 Å². The number of rotatable bonds is 1. The minimum Gasteiger partial charge on any atom is -0.166 e. The highest BCUT2D eigenvalue weighted by atomic mass is 35.5. The van der Waals surface area contributed by atoms with Gasteiger partial charge in [-0.2, -0.15) is 18.3 Å². The van der Waals surface area contributed by atoms with Gasteiger partial charge >= 0.3 is 6.18 Å². The fourth-order valence-corrected chi connectivity index (χ4v) is 1.81. The molecule has 18 heavy (non-hydrogen) atoms. The van der Waals surface area contributed by atoms with Crippen molar-refractivity contribution < 1.29 is 13.2 Å². The van der Waals surface area contributed by atoms with Crippen LogP contribution in [0.25, 0.3) is 11.1 Å². The summed E-state index contributed by atoms with van der Waals surface area (Å²) in [7, 11) is 0. The first-order valence-corrected chi connectivity index (χ1v) is 5.44. The van der Waals surface area contributed by atoms with Crippen LogP contribution in [0.2, 0.25) is 5.15 Å². The van der Waals surface area contributed by atoms with Crippen LogP contribution in [-0.4, -0.2) is 10.2 Å². The predicted molar refractivity (Wildman–Crippen MR) is 62.2 cm³/mol. The predicted octanol–water partition coefficient (Wildman–Crippen LogP) is 4.12. The van der Waals surface area contributed by atoms with Crippen molar-refractivity contribution in [3.8, 4) is 11.1 Å². The van der Waals surface area contributed by atoms with E-state index in [1.807, 2.05) is 0 Å². The molecule has 1 aromatic carbocycles. The molecule has 0 bridgehead atoms. The van der Waals surface area contributed by atoms with Crippen molar-refractivity contribution in [3.05, 3.63) is 46.7 Å². The summed E-state index contributed by atoms with van der Waals surface area (Å²) in [6, 6.07) is 6.69. The fraction of sp³-hybridized carbons (Fsp3) is 0.167. The second kappa shape index (κ2) is 4.57. The van der Waals surface area contributed by atoms with E-state index in [4.69, 9.17) is 11.6 Å². The number of alkyl halides is 3. The SMILES string of the molecule is Cc1nnc(Cl)cc1-c1ccccc1C(F)(F)F. The quantitative estimate of drug-likeness (QED) is 0.780. The number of nitrogens with zero attached hydrogens (tertiary/aromatic N) is 2. The van der Waals surface area contributed by atoms with E-state index in [9.17, 15) is 13.2 Å². The van der Waals surface area contributed by atoms with Gasteiger partial charge in [0.15, 0.2) is 5.15 Å². The summed E-state index contributed by atoms with van der Waals surface area (Å²) in [6.45, 7) is 1.59. The van der Waals surface area contributed by atoms with E-state index in [1.165, 1.54) is 18.2 Å². The Morgan fingerprint density at radius 2 is 1.72 bits per heavy atom. The van der Waals surface area contributed by atoms with Crippen LogP contribution in [0.5, 0.6) is 0 Å². The van der Waals surface area contributed by atoms with Crippen LogP contribution in [0, 0.1) is 6.92 Å². The molecule has 0 fully saturated rings. The number of halogens is 4. The Balaban J connectivity index is 2.68. The molecule has 0 aliphatic heterocycles. The summed E-state index contributed by atoms with van der Waals surface area (Å²) in [5.74, 6) is 0.